The fraction of sp³-hybridized carbons (Fsp3) is 0.778. The van der Waals surface area contributed by atoms with Gasteiger partial charge in [0.15, 0.2) is 0 Å². The summed E-state index contributed by atoms with van der Waals surface area (Å²) in [7, 11) is 2.58. The summed E-state index contributed by atoms with van der Waals surface area (Å²) in [4.78, 5) is 25.5. The molecule has 15 heavy (non-hydrogen) atoms. The number of piperazine rings is 2. The Balaban J connectivity index is 2.24. The Kier molecular flexibility index (Phi) is 2.47. The van der Waals surface area contributed by atoms with E-state index < -0.39 is 5.54 Å². The highest BCUT2D eigenvalue weighted by atomic mass is 31.0. The van der Waals surface area contributed by atoms with E-state index in [9.17, 15) is 9.59 Å². The molecule has 0 aromatic rings. The Morgan fingerprint density at radius 3 is 2.73 bits per heavy atom. The molecule has 2 atom stereocenters. The van der Waals surface area contributed by atoms with Crippen LogP contribution in [-0.2, 0) is 9.59 Å². The summed E-state index contributed by atoms with van der Waals surface area (Å²) in [6.07, 6.45) is 0. The summed E-state index contributed by atoms with van der Waals surface area (Å²) in [6.45, 7) is 5.52. The Labute approximate surface area is 91.4 Å². The van der Waals surface area contributed by atoms with E-state index in [4.69, 9.17) is 0 Å². The molecular weight excluding hydrogens is 213 g/mol. The van der Waals surface area contributed by atoms with Crippen molar-refractivity contribution in [3.05, 3.63) is 0 Å². The predicted molar refractivity (Wildman–Crippen MR) is 59.0 cm³/mol. The van der Waals surface area contributed by atoms with Gasteiger partial charge in [0, 0.05) is 19.6 Å². The number of amides is 2. The second-order valence-electron chi connectivity index (χ2n) is 4.62. The molecule has 84 valence electrons. The van der Waals surface area contributed by atoms with Crippen LogP contribution in [0.4, 0.5) is 0 Å². The number of fused-ring (bicyclic) bond motifs is 1. The van der Waals surface area contributed by atoms with Crippen LogP contribution in [0.3, 0.4) is 0 Å². The zero-order valence-corrected chi connectivity index (χ0v) is 10.1. The first-order chi connectivity index (χ1) is 6.92. The largest absolute Gasteiger partial charge is 0.340 e. The van der Waals surface area contributed by atoms with Gasteiger partial charge in [-0.1, -0.05) is 9.39 Å². The van der Waals surface area contributed by atoms with Crippen LogP contribution in [0.1, 0.15) is 13.8 Å². The van der Waals surface area contributed by atoms with E-state index in [0.29, 0.717) is 13.1 Å². The highest BCUT2D eigenvalue weighted by Gasteiger charge is 2.46. The number of nitrogens with zero attached hydrogens (tertiary/aromatic N) is 2. The summed E-state index contributed by atoms with van der Waals surface area (Å²) in [6, 6.07) is -0.322. The molecule has 2 unspecified atom stereocenters. The molecule has 5 nitrogen and oxygen atoms in total. The molecule has 0 radical (unpaired) electrons. The standard InChI is InChI=1S/C9H16N3O2P/c1-9(2)8(14)12-4-3-11(15)5-6(12)7(13)10-9/h6H,3-5,15H2,1-2H3,(H,10,13). The molecule has 2 fully saturated rings. The number of rotatable bonds is 0. The van der Waals surface area contributed by atoms with Gasteiger partial charge in [-0.05, 0) is 13.8 Å². The van der Waals surface area contributed by atoms with Crippen LogP contribution in [0.5, 0.6) is 0 Å². The van der Waals surface area contributed by atoms with Crippen molar-refractivity contribution in [3.63, 3.8) is 0 Å². The third-order valence-electron chi connectivity index (χ3n) is 2.95. The maximum atomic E-state index is 12.0. The van der Waals surface area contributed by atoms with E-state index in [1.165, 1.54) is 0 Å². The summed E-state index contributed by atoms with van der Waals surface area (Å²) in [5.41, 5.74) is -0.753. The van der Waals surface area contributed by atoms with Crippen LogP contribution in [0, 0.1) is 0 Å². The zero-order chi connectivity index (χ0) is 11.2. The van der Waals surface area contributed by atoms with Crippen LogP contribution in [0.25, 0.3) is 0 Å². The molecule has 2 heterocycles. The summed E-state index contributed by atoms with van der Waals surface area (Å²) >= 11 is 0. The lowest BCUT2D eigenvalue weighted by atomic mass is 9.96. The van der Waals surface area contributed by atoms with E-state index in [2.05, 4.69) is 14.7 Å². The van der Waals surface area contributed by atoms with Crippen LogP contribution >= 0.6 is 9.39 Å². The SMILES string of the molecule is CC1(C)NC(=O)C2CN(P)CCN2C1=O. The van der Waals surface area contributed by atoms with Gasteiger partial charge in [-0.2, -0.15) is 0 Å². The number of hydrogen-bond donors (Lipinski definition) is 1. The van der Waals surface area contributed by atoms with Crippen molar-refractivity contribution < 1.29 is 9.59 Å². The normalized spacial score (nSPS) is 31.1. The molecular formula is C9H16N3O2P. The lowest BCUT2D eigenvalue weighted by Crippen LogP contribution is -2.71. The van der Waals surface area contributed by atoms with E-state index in [-0.39, 0.29) is 17.9 Å². The van der Waals surface area contributed by atoms with Crippen molar-refractivity contribution in [1.82, 2.24) is 14.9 Å². The van der Waals surface area contributed by atoms with Crippen molar-refractivity contribution in [1.29, 1.82) is 0 Å². The fourth-order valence-corrected chi connectivity index (χ4v) is 2.39. The molecule has 2 aliphatic heterocycles. The first-order valence-electron chi connectivity index (χ1n) is 5.04. The fourth-order valence-electron chi connectivity index (χ4n) is 2.08. The third-order valence-corrected chi connectivity index (χ3v) is 3.41. The summed E-state index contributed by atoms with van der Waals surface area (Å²) in [5, 5.41) is 2.76. The highest BCUT2D eigenvalue weighted by Crippen LogP contribution is 2.22. The van der Waals surface area contributed by atoms with Crippen molar-refractivity contribution >= 4 is 21.2 Å². The van der Waals surface area contributed by atoms with Crippen molar-refractivity contribution in [3.8, 4) is 0 Å². The van der Waals surface area contributed by atoms with E-state index >= 15 is 0 Å². The van der Waals surface area contributed by atoms with Gasteiger partial charge >= 0.3 is 0 Å². The molecule has 2 rings (SSSR count). The van der Waals surface area contributed by atoms with E-state index in [0.717, 1.165) is 6.54 Å². The maximum Gasteiger partial charge on any atom is 0.248 e. The predicted octanol–water partition coefficient (Wildman–Crippen LogP) is -0.802. The lowest BCUT2D eigenvalue weighted by molar-refractivity contribution is -0.155. The average molecular weight is 229 g/mol. The highest BCUT2D eigenvalue weighted by molar-refractivity contribution is 7.13. The number of carbonyl (C=O) groups is 2. The Bertz CT molecular complexity index is 318. The minimum Gasteiger partial charge on any atom is -0.340 e. The minimum atomic E-state index is -0.753. The second-order valence-corrected chi connectivity index (χ2v) is 5.35. The molecule has 0 aliphatic carbocycles. The minimum absolute atomic E-state index is 0.0187. The van der Waals surface area contributed by atoms with E-state index in [1.54, 1.807) is 18.7 Å². The van der Waals surface area contributed by atoms with Crippen LogP contribution in [0.15, 0.2) is 0 Å². The van der Waals surface area contributed by atoms with Gasteiger partial charge in [-0.3, -0.25) is 14.3 Å². The van der Waals surface area contributed by atoms with Crippen LogP contribution in [-0.4, -0.2) is 52.6 Å². The molecule has 6 heteroatoms. The van der Waals surface area contributed by atoms with Gasteiger partial charge in [0.05, 0.1) is 0 Å². The van der Waals surface area contributed by atoms with Gasteiger partial charge in [0.2, 0.25) is 11.8 Å². The molecule has 1 N–H and O–H groups in total. The number of nitrogens with one attached hydrogen (secondary N) is 1. The monoisotopic (exact) mass is 229 g/mol. The quantitative estimate of drug-likeness (QED) is 0.553. The topological polar surface area (TPSA) is 52.7 Å². The van der Waals surface area contributed by atoms with Gasteiger partial charge in [-0.15, -0.1) is 0 Å². The van der Waals surface area contributed by atoms with Crippen LogP contribution < -0.4 is 5.32 Å². The molecule has 0 bridgehead atoms. The Hall–Kier alpha value is -0.670. The lowest BCUT2D eigenvalue weighted by Gasteiger charge is -2.46. The van der Waals surface area contributed by atoms with E-state index in [1.807, 2.05) is 4.67 Å². The number of carbonyl (C=O) groups excluding carboxylic acids is 2. The molecule has 2 saturated heterocycles. The molecule has 0 aromatic carbocycles. The average Bonchev–Trinajstić information content (AvgIpc) is 2.14. The molecule has 2 aliphatic rings. The third kappa shape index (κ3) is 1.74. The first-order valence-corrected chi connectivity index (χ1v) is 5.56. The molecule has 0 aromatic heterocycles. The van der Waals surface area contributed by atoms with Gasteiger partial charge in [0.25, 0.3) is 0 Å². The van der Waals surface area contributed by atoms with Gasteiger partial charge in [0.1, 0.15) is 11.6 Å². The van der Waals surface area contributed by atoms with Crippen LogP contribution in [0.2, 0.25) is 0 Å². The molecule has 0 saturated carbocycles. The molecule has 2 amide bonds. The van der Waals surface area contributed by atoms with Gasteiger partial charge < -0.3 is 10.2 Å². The van der Waals surface area contributed by atoms with Crippen molar-refractivity contribution in [2.24, 2.45) is 0 Å². The van der Waals surface area contributed by atoms with Crippen molar-refractivity contribution in [2.75, 3.05) is 19.6 Å². The molecule has 0 spiro atoms. The second kappa shape index (κ2) is 3.42. The Morgan fingerprint density at radius 1 is 1.40 bits per heavy atom. The zero-order valence-electron chi connectivity index (χ0n) is 8.99. The smallest absolute Gasteiger partial charge is 0.248 e. The Morgan fingerprint density at radius 2 is 2.07 bits per heavy atom. The maximum absolute atomic E-state index is 12.0. The van der Waals surface area contributed by atoms with Crippen molar-refractivity contribution in [2.45, 2.75) is 25.4 Å². The first kappa shape index (κ1) is 10.8. The summed E-state index contributed by atoms with van der Waals surface area (Å²) < 4.78 is 1.99. The summed E-state index contributed by atoms with van der Waals surface area (Å²) in [5.74, 6) is -0.0306. The van der Waals surface area contributed by atoms with Gasteiger partial charge in [-0.25, -0.2) is 0 Å². The number of hydrogen-bond acceptors (Lipinski definition) is 3.